The lowest BCUT2D eigenvalue weighted by molar-refractivity contribution is 0.255. The van der Waals surface area contributed by atoms with E-state index in [0.717, 1.165) is 44.5 Å². The molecular formula is C20H26FN3O3S. The zero-order chi connectivity index (χ0) is 20.0. The van der Waals surface area contributed by atoms with E-state index in [1.54, 1.807) is 7.11 Å². The van der Waals surface area contributed by atoms with Crippen molar-refractivity contribution in [3.63, 3.8) is 0 Å². The van der Waals surface area contributed by atoms with Gasteiger partial charge in [-0.3, -0.25) is 4.90 Å². The summed E-state index contributed by atoms with van der Waals surface area (Å²) in [5, 5.41) is 0. The van der Waals surface area contributed by atoms with Crippen LogP contribution in [0.15, 0.2) is 53.4 Å². The number of anilines is 1. The Morgan fingerprint density at radius 1 is 1.04 bits per heavy atom. The molecule has 0 unspecified atom stereocenters. The molecule has 0 atom stereocenters. The van der Waals surface area contributed by atoms with Crippen molar-refractivity contribution in [2.24, 2.45) is 0 Å². The lowest BCUT2D eigenvalue weighted by Gasteiger charge is -2.36. The second-order valence-electron chi connectivity index (χ2n) is 6.71. The molecule has 8 heteroatoms. The number of benzene rings is 2. The van der Waals surface area contributed by atoms with Crippen molar-refractivity contribution in [1.82, 2.24) is 9.62 Å². The van der Waals surface area contributed by atoms with Crippen LogP contribution in [0.2, 0.25) is 0 Å². The van der Waals surface area contributed by atoms with E-state index in [0.29, 0.717) is 6.42 Å². The maximum Gasteiger partial charge on any atom is 0.243 e. The van der Waals surface area contributed by atoms with Crippen LogP contribution in [0.25, 0.3) is 0 Å². The molecule has 1 fully saturated rings. The average molecular weight is 408 g/mol. The molecule has 0 aliphatic carbocycles. The van der Waals surface area contributed by atoms with Crippen LogP contribution in [0, 0.1) is 5.82 Å². The Hall–Kier alpha value is -2.16. The quantitative estimate of drug-likeness (QED) is 0.681. The summed E-state index contributed by atoms with van der Waals surface area (Å²) in [6.45, 7) is 4.78. The SMILES string of the molecule is COc1ccc(N2CCN(CCCNS(=O)(=O)c3ccccc3F)CC2)cc1. The summed E-state index contributed by atoms with van der Waals surface area (Å²) in [6.07, 6.45) is 0.677. The monoisotopic (exact) mass is 407 g/mol. The molecule has 28 heavy (non-hydrogen) atoms. The molecular weight excluding hydrogens is 381 g/mol. The van der Waals surface area contributed by atoms with Crippen molar-refractivity contribution in [2.45, 2.75) is 11.3 Å². The molecule has 2 aromatic rings. The number of sulfonamides is 1. The lowest BCUT2D eigenvalue weighted by atomic mass is 10.2. The fourth-order valence-electron chi connectivity index (χ4n) is 3.27. The summed E-state index contributed by atoms with van der Waals surface area (Å²) in [7, 11) is -2.15. The number of hydrogen-bond donors (Lipinski definition) is 1. The molecule has 0 spiro atoms. The first-order chi connectivity index (χ1) is 13.5. The molecule has 6 nitrogen and oxygen atoms in total. The molecule has 1 saturated heterocycles. The van der Waals surface area contributed by atoms with Gasteiger partial charge >= 0.3 is 0 Å². The van der Waals surface area contributed by atoms with Crippen LogP contribution in [0.3, 0.4) is 0 Å². The fourth-order valence-corrected chi connectivity index (χ4v) is 4.42. The number of rotatable bonds is 8. The van der Waals surface area contributed by atoms with Crippen molar-refractivity contribution in [3.8, 4) is 5.75 Å². The van der Waals surface area contributed by atoms with E-state index >= 15 is 0 Å². The second-order valence-corrected chi connectivity index (χ2v) is 8.44. The van der Waals surface area contributed by atoms with Crippen molar-refractivity contribution in [1.29, 1.82) is 0 Å². The van der Waals surface area contributed by atoms with Gasteiger partial charge in [-0.25, -0.2) is 17.5 Å². The first-order valence-electron chi connectivity index (χ1n) is 9.35. The predicted octanol–water partition coefficient (Wildman–Crippen LogP) is 2.32. The zero-order valence-corrected chi connectivity index (χ0v) is 16.8. The number of piperazine rings is 1. The fraction of sp³-hybridized carbons (Fsp3) is 0.400. The van der Waals surface area contributed by atoms with Crippen molar-refractivity contribution in [2.75, 3.05) is 51.3 Å². The van der Waals surface area contributed by atoms with E-state index in [1.165, 1.54) is 23.9 Å². The first kappa shape index (κ1) is 20.6. The number of hydrogen-bond acceptors (Lipinski definition) is 5. The summed E-state index contributed by atoms with van der Waals surface area (Å²) in [5.74, 6) is 0.116. The molecule has 152 valence electrons. The standard InChI is InChI=1S/C20H26FN3O3S/c1-27-18-9-7-17(8-10-18)24-15-13-23(14-16-24)12-4-11-22-28(25,26)20-6-3-2-5-19(20)21/h2-3,5-10,22H,4,11-16H2,1H3. The van der Waals surface area contributed by atoms with Gasteiger partial charge in [0.05, 0.1) is 7.11 Å². The summed E-state index contributed by atoms with van der Waals surface area (Å²) < 4.78 is 45.7. The normalized spacial score (nSPS) is 15.6. The highest BCUT2D eigenvalue weighted by Crippen LogP contribution is 2.20. The predicted molar refractivity (Wildman–Crippen MR) is 108 cm³/mol. The van der Waals surface area contributed by atoms with E-state index < -0.39 is 15.8 Å². The molecule has 1 heterocycles. The molecule has 3 rings (SSSR count). The van der Waals surface area contributed by atoms with Crippen LogP contribution >= 0.6 is 0 Å². The third-order valence-corrected chi connectivity index (χ3v) is 6.37. The van der Waals surface area contributed by atoms with Gasteiger partial charge in [0.1, 0.15) is 16.5 Å². The molecule has 0 radical (unpaired) electrons. The summed E-state index contributed by atoms with van der Waals surface area (Å²) >= 11 is 0. The van der Waals surface area contributed by atoms with E-state index in [9.17, 15) is 12.8 Å². The Morgan fingerprint density at radius 2 is 1.71 bits per heavy atom. The van der Waals surface area contributed by atoms with Gasteiger partial charge in [0.25, 0.3) is 0 Å². The van der Waals surface area contributed by atoms with Crippen molar-refractivity contribution in [3.05, 3.63) is 54.3 Å². The van der Waals surface area contributed by atoms with Gasteiger partial charge in [-0.2, -0.15) is 0 Å². The Bertz CT molecular complexity index is 867. The maximum atomic E-state index is 13.7. The van der Waals surface area contributed by atoms with Gasteiger partial charge in [-0.1, -0.05) is 12.1 Å². The zero-order valence-electron chi connectivity index (χ0n) is 16.0. The van der Waals surface area contributed by atoms with Crippen molar-refractivity contribution >= 4 is 15.7 Å². The maximum absolute atomic E-state index is 13.7. The minimum atomic E-state index is -3.81. The Balaban J connectivity index is 1.40. The number of nitrogens with zero attached hydrogens (tertiary/aromatic N) is 2. The van der Waals surface area contributed by atoms with E-state index in [-0.39, 0.29) is 11.4 Å². The van der Waals surface area contributed by atoms with E-state index in [4.69, 9.17) is 4.74 Å². The number of methoxy groups -OCH3 is 1. The van der Waals surface area contributed by atoms with Crippen LogP contribution in [0.1, 0.15) is 6.42 Å². The van der Waals surface area contributed by atoms with Crippen LogP contribution in [-0.2, 0) is 10.0 Å². The van der Waals surface area contributed by atoms with E-state index in [2.05, 4.69) is 26.7 Å². The van der Waals surface area contributed by atoms with Crippen LogP contribution in [-0.4, -0.2) is 59.7 Å². The third-order valence-electron chi connectivity index (χ3n) is 4.88. The minimum absolute atomic E-state index is 0.287. The summed E-state index contributed by atoms with van der Waals surface area (Å²) in [6, 6.07) is 13.5. The molecule has 0 aromatic heterocycles. The van der Waals surface area contributed by atoms with Crippen LogP contribution in [0.5, 0.6) is 5.75 Å². The molecule has 2 aromatic carbocycles. The molecule has 0 amide bonds. The van der Waals surface area contributed by atoms with Gasteiger partial charge in [0.2, 0.25) is 10.0 Å². The molecule has 0 saturated carbocycles. The first-order valence-corrected chi connectivity index (χ1v) is 10.8. The molecule has 0 bridgehead atoms. The van der Waals surface area contributed by atoms with Gasteiger partial charge in [0.15, 0.2) is 0 Å². The average Bonchev–Trinajstić information content (AvgIpc) is 2.72. The molecule has 1 aliphatic heterocycles. The van der Waals surface area contributed by atoms with Gasteiger partial charge in [-0.15, -0.1) is 0 Å². The van der Waals surface area contributed by atoms with Gasteiger partial charge in [-0.05, 0) is 49.4 Å². The Morgan fingerprint density at radius 3 is 2.36 bits per heavy atom. The second kappa shape index (κ2) is 9.36. The third kappa shape index (κ3) is 5.21. The summed E-state index contributed by atoms with van der Waals surface area (Å²) in [5.41, 5.74) is 1.18. The molecule has 1 N–H and O–H groups in total. The smallest absolute Gasteiger partial charge is 0.243 e. The lowest BCUT2D eigenvalue weighted by Crippen LogP contribution is -2.47. The highest BCUT2D eigenvalue weighted by atomic mass is 32.2. The van der Waals surface area contributed by atoms with Crippen LogP contribution in [0.4, 0.5) is 10.1 Å². The number of halogens is 1. The Kier molecular flexibility index (Phi) is 6.88. The minimum Gasteiger partial charge on any atom is -0.497 e. The topological polar surface area (TPSA) is 61.9 Å². The van der Waals surface area contributed by atoms with Crippen LogP contribution < -0.4 is 14.4 Å². The van der Waals surface area contributed by atoms with Gasteiger partial charge < -0.3 is 9.64 Å². The van der Waals surface area contributed by atoms with Gasteiger partial charge in [0, 0.05) is 38.4 Å². The Labute approximate surface area is 166 Å². The summed E-state index contributed by atoms with van der Waals surface area (Å²) in [4.78, 5) is 4.34. The van der Waals surface area contributed by atoms with E-state index in [1.807, 2.05) is 12.1 Å². The number of nitrogens with one attached hydrogen (secondary N) is 1. The highest BCUT2D eigenvalue weighted by molar-refractivity contribution is 7.89. The largest absolute Gasteiger partial charge is 0.497 e. The van der Waals surface area contributed by atoms with Crippen molar-refractivity contribution < 1.29 is 17.5 Å². The molecule has 1 aliphatic rings. The number of ether oxygens (including phenoxy) is 1. The highest BCUT2D eigenvalue weighted by Gasteiger charge is 2.19.